The SMILES string of the molecule is Oc1ccc(-c2nc(-c3ccc(F)cc3Br)no2)cc1O. The summed E-state index contributed by atoms with van der Waals surface area (Å²) in [5, 5.41) is 22.6. The van der Waals surface area contributed by atoms with Crippen molar-refractivity contribution >= 4 is 15.9 Å². The highest BCUT2D eigenvalue weighted by Crippen LogP contribution is 2.32. The molecule has 21 heavy (non-hydrogen) atoms. The number of aromatic hydroxyl groups is 2. The van der Waals surface area contributed by atoms with Gasteiger partial charge in [0.1, 0.15) is 5.82 Å². The van der Waals surface area contributed by atoms with E-state index in [1.165, 1.54) is 36.4 Å². The minimum absolute atomic E-state index is 0.177. The van der Waals surface area contributed by atoms with Crippen molar-refractivity contribution in [2.45, 2.75) is 0 Å². The Bertz CT molecular complexity index is 820. The fourth-order valence-electron chi connectivity index (χ4n) is 1.78. The molecule has 0 aliphatic heterocycles. The van der Waals surface area contributed by atoms with Crippen LogP contribution < -0.4 is 0 Å². The number of nitrogens with zero attached hydrogens (tertiary/aromatic N) is 2. The average molecular weight is 351 g/mol. The van der Waals surface area contributed by atoms with Gasteiger partial charge in [-0.1, -0.05) is 5.16 Å². The quantitative estimate of drug-likeness (QED) is 0.688. The van der Waals surface area contributed by atoms with Crippen molar-refractivity contribution in [1.29, 1.82) is 0 Å². The van der Waals surface area contributed by atoms with E-state index in [0.717, 1.165) is 0 Å². The van der Waals surface area contributed by atoms with Crippen LogP contribution in [0.5, 0.6) is 11.5 Å². The van der Waals surface area contributed by atoms with Crippen molar-refractivity contribution < 1.29 is 19.1 Å². The number of benzene rings is 2. The van der Waals surface area contributed by atoms with Gasteiger partial charge in [-0.3, -0.25) is 0 Å². The molecule has 7 heteroatoms. The Morgan fingerprint density at radius 1 is 1.05 bits per heavy atom. The molecule has 0 amide bonds. The topological polar surface area (TPSA) is 79.4 Å². The monoisotopic (exact) mass is 350 g/mol. The molecule has 106 valence electrons. The van der Waals surface area contributed by atoms with Crippen molar-refractivity contribution in [2.24, 2.45) is 0 Å². The van der Waals surface area contributed by atoms with Crippen LogP contribution >= 0.6 is 15.9 Å². The van der Waals surface area contributed by atoms with Crippen LogP contribution in [0.1, 0.15) is 0 Å². The molecule has 0 radical (unpaired) electrons. The molecule has 0 bridgehead atoms. The van der Waals surface area contributed by atoms with Gasteiger partial charge in [0.05, 0.1) is 0 Å². The van der Waals surface area contributed by atoms with Gasteiger partial charge in [-0.2, -0.15) is 4.98 Å². The summed E-state index contributed by atoms with van der Waals surface area (Å²) in [5.41, 5.74) is 1.04. The molecule has 3 rings (SSSR count). The van der Waals surface area contributed by atoms with Crippen molar-refractivity contribution in [3.05, 3.63) is 46.7 Å². The lowest BCUT2D eigenvalue weighted by Crippen LogP contribution is -1.84. The summed E-state index contributed by atoms with van der Waals surface area (Å²) in [6.07, 6.45) is 0. The molecular weight excluding hydrogens is 343 g/mol. The average Bonchev–Trinajstić information content (AvgIpc) is 2.91. The molecular formula is C14H8BrFN2O3. The van der Waals surface area contributed by atoms with Gasteiger partial charge in [0, 0.05) is 15.6 Å². The molecule has 0 atom stereocenters. The van der Waals surface area contributed by atoms with E-state index in [1.807, 2.05) is 0 Å². The number of hydrogen-bond donors (Lipinski definition) is 2. The Kier molecular flexibility index (Phi) is 3.34. The Labute approximate surface area is 126 Å². The highest BCUT2D eigenvalue weighted by atomic mass is 79.9. The molecule has 0 aliphatic rings. The van der Waals surface area contributed by atoms with E-state index in [9.17, 15) is 14.6 Å². The van der Waals surface area contributed by atoms with Gasteiger partial charge in [-0.05, 0) is 52.3 Å². The smallest absolute Gasteiger partial charge is 0.258 e. The number of halogens is 2. The van der Waals surface area contributed by atoms with Crippen LogP contribution in [0.25, 0.3) is 22.8 Å². The molecule has 2 aromatic carbocycles. The first-order valence-electron chi connectivity index (χ1n) is 5.86. The number of aromatic nitrogens is 2. The molecule has 0 unspecified atom stereocenters. The lowest BCUT2D eigenvalue weighted by molar-refractivity contribution is 0.402. The van der Waals surface area contributed by atoms with E-state index in [-0.39, 0.29) is 29.0 Å². The standard InChI is InChI=1S/C14H8BrFN2O3/c15-10-6-8(16)2-3-9(10)13-17-14(21-18-13)7-1-4-11(19)12(20)5-7/h1-6,19-20H. The van der Waals surface area contributed by atoms with Crippen LogP contribution in [0, 0.1) is 5.82 Å². The van der Waals surface area contributed by atoms with E-state index < -0.39 is 0 Å². The predicted molar refractivity (Wildman–Crippen MR) is 76.2 cm³/mol. The van der Waals surface area contributed by atoms with Crippen LogP contribution in [0.15, 0.2) is 45.4 Å². The zero-order valence-electron chi connectivity index (χ0n) is 10.4. The second-order valence-corrected chi connectivity index (χ2v) is 5.11. The predicted octanol–water partition coefficient (Wildman–Crippen LogP) is 3.72. The Hall–Kier alpha value is -2.41. The third-order valence-electron chi connectivity index (χ3n) is 2.82. The maximum Gasteiger partial charge on any atom is 0.258 e. The molecule has 0 saturated heterocycles. The van der Waals surface area contributed by atoms with Crippen LogP contribution in [-0.2, 0) is 0 Å². The summed E-state index contributed by atoms with van der Waals surface area (Å²) in [4.78, 5) is 4.19. The molecule has 5 nitrogen and oxygen atoms in total. The van der Waals surface area contributed by atoms with E-state index in [2.05, 4.69) is 26.1 Å². The summed E-state index contributed by atoms with van der Waals surface area (Å²) >= 11 is 3.24. The fraction of sp³-hybridized carbons (Fsp3) is 0. The molecule has 0 spiro atoms. The maximum absolute atomic E-state index is 13.1. The van der Waals surface area contributed by atoms with Gasteiger partial charge in [0.25, 0.3) is 5.89 Å². The largest absolute Gasteiger partial charge is 0.504 e. The van der Waals surface area contributed by atoms with Crippen LogP contribution in [0.4, 0.5) is 4.39 Å². The first-order valence-corrected chi connectivity index (χ1v) is 6.65. The van der Waals surface area contributed by atoms with Crippen LogP contribution in [0.2, 0.25) is 0 Å². The normalized spacial score (nSPS) is 10.8. The van der Waals surface area contributed by atoms with Crippen molar-refractivity contribution in [2.75, 3.05) is 0 Å². The fourth-order valence-corrected chi connectivity index (χ4v) is 2.31. The number of rotatable bonds is 2. The lowest BCUT2D eigenvalue weighted by atomic mass is 10.2. The Balaban J connectivity index is 2.01. The van der Waals surface area contributed by atoms with Gasteiger partial charge in [0.2, 0.25) is 5.82 Å². The van der Waals surface area contributed by atoms with Crippen molar-refractivity contribution in [3.8, 4) is 34.3 Å². The summed E-state index contributed by atoms with van der Waals surface area (Å²) in [7, 11) is 0. The first kappa shape index (κ1) is 13.6. The molecule has 1 aromatic heterocycles. The summed E-state index contributed by atoms with van der Waals surface area (Å²) in [5.74, 6) is -0.436. The number of phenolic OH excluding ortho intramolecular Hbond substituents is 2. The van der Waals surface area contributed by atoms with Gasteiger partial charge in [-0.25, -0.2) is 4.39 Å². The van der Waals surface area contributed by atoms with E-state index in [4.69, 9.17) is 4.52 Å². The van der Waals surface area contributed by atoms with Crippen LogP contribution in [0.3, 0.4) is 0 Å². The van der Waals surface area contributed by atoms with Gasteiger partial charge in [0.15, 0.2) is 11.5 Å². The van der Waals surface area contributed by atoms with Crippen LogP contribution in [-0.4, -0.2) is 20.4 Å². The minimum atomic E-state index is -0.377. The van der Waals surface area contributed by atoms with Crippen molar-refractivity contribution in [1.82, 2.24) is 10.1 Å². The number of phenols is 2. The summed E-state index contributed by atoms with van der Waals surface area (Å²) in [6.45, 7) is 0. The molecule has 0 aliphatic carbocycles. The second kappa shape index (κ2) is 5.17. The molecule has 3 aromatic rings. The second-order valence-electron chi connectivity index (χ2n) is 4.25. The molecule has 1 heterocycles. The number of hydrogen-bond acceptors (Lipinski definition) is 5. The summed E-state index contributed by atoms with van der Waals surface area (Å²) < 4.78 is 18.7. The highest BCUT2D eigenvalue weighted by molar-refractivity contribution is 9.10. The van der Waals surface area contributed by atoms with Gasteiger partial charge in [-0.15, -0.1) is 0 Å². The third kappa shape index (κ3) is 2.59. The van der Waals surface area contributed by atoms with Crippen molar-refractivity contribution in [3.63, 3.8) is 0 Å². The Morgan fingerprint density at radius 3 is 2.57 bits per heavy atom. The van der Waals surface area contributed by atoms with E-state index >= 15 is 0 Å². The third-order valence-corrected chi connectivity index (χ3v) is 3.48. The van der Waals surface area contributed by atoms with Gasteiger partial charge < -0.3 is 14.7 Å². The van der Waals surface area contributed by atoms with E-state index in [0.29, 0.717) is 15.6 Å². The minimum Gasteiger partial charge on any atom is -0.504 e. The Morgan fingerprint density at radius 2 is 1.86 bits per heavy atom. The zero-order valence-corrected chi connectivity index (χ0v) is 12.0. The maximum atomic E-state index is 13.1. The first-order chi connectivity index (χ1) is 10.0. The molecule has 0 saturated carbocycles. The lowest BCUT2D eigenvalue weighted by Gasteiger charge is -1.99. The zero-order chi connectivity index (χ0) is 15.0. The molecule has 2 N–H and O–H groups in total. The van der Waals surface area contributed by atoms with Gasteiger partial charge >= 0.3 is 0 Å². The highest BCUT2D eigenvalue weighted by Gasteiger charge is 2.14. The van der Waals surface area contributed by atoms with E-state index in [1.54, 1.807) is 0 Å². The summed E-state index contributed by atoms with van der Waals surface area (Å²) in [6, 6.07) is 8.29. The molecule has 0 fully saturated rings.